The Labute approximate surface area is 45.6 Å². The molecule has 0 amide bonds. The molecule has 0 bridgehead atoms. The second-order valence-electron chi connectivity index (χ2n) is 1.33. The first-order valence-electron chi connectivity index (χ1n) is 2.08. The average Bonchev–Trinajstić information content (AvgIpc) is 1.77. The van der Waals surface area contributed by atoms with Crippen LogP contribution in [0.1, 0.15) is 0 Å². The van der Waals surface area contributed by atoms with Crippen LogP contribution in [0.5, 0.6) is 5.75 Å². The van der Waals surface area contributed by atoms with E-state index in [1.54, 1.807) is 0 Å². The van der Waals surface area contributed by atoms with Gasteiger partial charge in [0.05, 0.1) is 6.20 Å². The van der Waals surface area contributed by atoms with E-state index in [0.717, 1.165) is 6.07 Å². The Morgan fingerprint density at radius 2 is 2.50 bits per heavy atom. The van der Waals surface area contributed by atoms with Gasteiger partial charge in [-0.25, -0.2) is 0 Å². The lowest BCUT2D eigenvalue weighted by molar-refractivity contribution is 0.467. The van der Waals surface area contributed by atoms with E-state index in [0.29, 0.717) is 0 Å². The molecule has 0 aliphatic heterocycles. The van der Waals surface area contributed by atoms with Crippen molar-refractivity contribution in [3.63, 3.8) is 0 Å². The van der Waals surface area contributed by atoms with Crippen LogP contribution < -0.4 is 5.43 Å². The van der Waals surface area contributed by atoms with Crippen molar-refractivity contribution in [3.8, 4) is 5.75 Å². The summed E-state index contributed by atoms with van der Waals surface area (Å²) in [4.78, 5) is 12.7. The number of hydrogen-bond donors (Lipinski definition) is 2. The molecule has 0 aromatic carbocycles. The van der Waals surface area contributed by atoms with Gasteiger partial charge in [0.25, 0.3) is 0 Å². The highest BCUT2D eigenvalue weighted by Gasteiger charge is 1.87. The van der Waals surface area contributed by atoms with Gasteiger partial charge in [0.15, 0.2) is 5.75 Å². The fourth-order valence-electron chi connectivity index (χ4n) is 0.362. The second kappa shape index (κ2) is 1.69. The number of hydrogen-bond acceptors (Lipinski definition) is 2. The quantitative estimate of drug-likeness (QED) is 0.489. The second-order valence-corrected chi connectivity index (χ2v) is 1.33. The molecule has 3 heteroatoms. The molecule has 2 N–H and O–H groups in total. The van der Waals surface area contributed by atoms with E-state index in [4.69, 9.17) is 5.11 Å². The van der Waals surface area contributed by atoms with E-state index in [1.165, 1.54) is 6.20 Å². The minimum Gasteiger partial charge on any atom is -0.503 e. The summed E-state index contributed by atoms with van der Waals surface area (Å²) in [5.74, 6) is -0.274. The van der Waals surface area contributed by atoms with Crippen molar-refractivity contribution in [1.29, 1.82) is 0 Å². The highest BCUT2D eigenvalue weighted by Crippen LogP contribution is 1.90. The number of aromatic nitrogens is 1. The summed E-state index contributed by atoms with van der Waals surface area (Å²) in [6, 6.07) is 1.13. The van der Waals surface area contributed by atoms with Crippen LogP contribution in [0.25, 0.3) is 0 Å². The van der Waals surface area contributed by atoms with Crippen molar-refractivity contribution in [1.82, 2.24) is 4.98 Å². The first kappa shape index (κ1) is 4.90. The molecule has 1 aromatic rings. The number of H-pyrrole nitrogens is 1. The molecule has 1 aromatic heterocycles. The van der Waals surface area contributed by atoms with Crippen molar-refractivity contribution in [2.75, 3.05) is 0 Å². The number of aromatic hydroxyl groups is 1. The smallest absolute Gasteiger partial charge is 0.223 e. The monoisotopic (exact) mass is 110 g/mol. The molecule has 41 valence electrons. The Balaban J connectivity index is 3.35. The maximum absolute atomic E-state index is 10.3. The maximum atomic E-state index is 10.3. The lowest BCUT2D eigenvalue weighted by Gasteiger charge is -1.82. The summed E-state index contributed by atoms with van der Waals surface area (Å²) in [6.07, 6.45) is 3.59. The molecule has 1 rings (SSSR count). The molecule has 0 saturated carbocycles. The Bertz CT molecular complexity index is 228. The van der Waals surface area contributed by atoms with E-state index in [9.17, 15) is 4.79 Å². The minimum absolute atomic E-state index is 0.274. The van der Waals surface area contributed by atoms with Crippen LogP contribution in [0.4, 0.5) is 0 Å². The molecule has 0 aliphatic carbocycles. The van der Waals surface area contributed by atoms with Crippen molar-refractivity contribution in [3.05, 3.63) is 28.7 Å². The van der Waals surface area contributed by atoms with Gasteiger partial charge in [-0.1, -0.05) is 0 Å². The SMILES string of the molecule is O=c1c[c][nH]cc1O. The highest BCUT2D eigenvalue weighted by molar-refractivity contribution is 5.12. The summed E-state index contributed by atoms with van der Waals surface area (Å²) >= 11 is 0. The molecule has 0 fully saturated rings. The first-order chi connectivity index (χ1) is 3.80. The van der Waals surface area contributed by atoms with E-state index in [1.807, 2.05) is 0 Å². The molecule has 8 heavy (non-hydrogen) atoms. The Kier molecular flexibility index (Phi) is 1.04. The molecule has 0 aliphatic rings. The maximum Gasteiger partial charge on any atom is 0.223 e. The van der Waals surface area contributed by atoms with Crippen LogP contribution in [0, 0.1) is 6.20 Å². The van der Waals surface area contributed by atoms with Crippen LogP contribution in [0.3, 0.4) is 0 Å². The zero-order valence-corrected chi connectivity index (χ0v) is 4.01. The molecule has 3 nitrogen and oxygen atoms in total. The van der Waals surface area contributed by atoms with Crippen LogP contribution in [-0.2, 0) is 0 Å². The molecule has 0 unspecified atom stereocenters. The third kappa shape index (κ3) is 0.703. The largest absolute Gasteiger partial charge is 0.503 e. The number of pyridine rings is 1. The lowest BCUT2D eigenvalue weighted by atomic mass is 10.4. The summed E-state index contributed by atoms with van der Waals surface area (Å²) in [5, 5.41) is 8.56. The van der Waals surface area contributed by atoms with Crippen LogP contribution in [0.2, 0.25) is 0 Å². The molecule has 1 heterocycles. The summed E-state index contributed by atoms with van der Waals surface area (Å²) in [7, 11) is 0. The zero-order valence-electron chi connectivity index (χ0n) is 4.01. The van der Waals surface area contributed by atoms with Crippen molar-refractivity contribution < 1.29 is 5.11 Å². The van der Waals surface area contributed by atoms with Crippen LogP contribution >= 0.6 is 0 Å². The normalized spacial score (nSPS) is 9.00. The minimum atomic E-state index is -0.413. The first-order valence-corrected chi connectivity index (χ1v) is 2.08. The molecule has 1 radical (unpaired) electrons. The van der Waals surface area contributed by atoms with Gasteiger partial charge >= 0.3 is 0 Å². The fraction of sp³-hybridized carbons (Fsp3) is 0. The lowest BCUT2D eigenvalue weighted by Crippen LogP contribution is -1.96. The summed E-state index contributed by atoms with van der Waals surface area (Å²) < 4.78 is 0. The summed E-state index contributed by atoms with van der Waals surface area (Å²) in [5.41, 5.74) is -0.413. The van der Waals surface area contributed by atoms with Crippen LogP contribution in [0.15, 0.2) is 17.1 Å². The molecular weight excluding hydrogens is 106 g/mol. The highest BCUT2D eigenvalue weighted by atomic mass is 16.3. The molecule has 0 atom stereocenters. The zero-order chi connectivity index (χ0) is 5.98. The van der Waals surface area contributed by atoms with Gasteiger partial charge in [0, 0.05) is 12.3 Å². The van der Waals surface area contributed by atoms with Gasteiger partial charge in [-0.05, 0) is 0 Å². The molecular formula is C5H4NO2. The van der Waals surface area contributed by atoms with Gasteiger partial charge in [-0.15, -0.1) is 0 Å². The third-order valence-corrected chi connectivity index (χ3v) is 0.748. The van der Waals surface area contributed by atoms with Gasteiger partial charge in [-0.2, -0.15) is 0 Å². The van der Waals surface area contributed by atoms with Crippen molar-refractivity contribution >= 4 is 0 Å². The Morgan fingerprint density at radius 3 is 2.88 bits per heavy atom. The van der Waals surface area contributed by atoms with Gasteiger partial charge < -0.3 is 10.1 Å². The Hall–Kier alpha value is -1.25. The van der Waals surface area contributed by atoms with Gasteiger partial charge in [0.1, 0.15) is 0 Å². The predicted octanol–water partition coefficient (Wildman–Crippen LogP) is -0.119. The fourth-order valence-corrected chi connectivity index (χ4v) is 0.362. The van der Waals surface area contributed by atoms with E-state index < -0.39 is 5.43 Å². The van der Waals surface area contributed by atoms with Gasteiger partial charge in [0.2, 0.25) is 5.43 Å². The molecule has 0 spiro atoms. The van der Waals surface area contributed by atoms with E-state index in [2.05, 4.69) is 11.2 Å². The standard InChI is InChI=1S/C5H4NO2/c7-4-1-2-6-3-5(4)8/h1,3,8H,(H,6,7). The molecule has 0 saturated heterocycles. The average molecular weight is 110 g/mol. The van der Waals surface area contributed by atoms with E-state index >= 15 is 0 Å². The number of rotatable bonds is 0. The van der Waals surface area contributed by atoms with Crippen LogP contribution in [-0.4, -0.2) is 10.1 Å². The van der Waals surface area contributed by atoms with Crippen molar-refractivity contribution in [2.45, 2.75) is 0 Å². The number of nitrogens with one attached hydrogen (secondary N) is 1. The van der Waals surface area contributed by atoms with Crippen molar-refractivity contribution in [2.24, 2.45) is 0 Å². The van der Waals surface area contributed by atoms with Gasteiger partial charge in [-0.3, -0.25) is 4.79 Å². The summed E-state index contributed by atoms with van der Waals surface area (Å²) in [6.45, 7) is 0. The predicted molar refractivity (Wildman–Crippen MR) is 27.6 cm³/mol. The number of aromatic amines is 1. The van der Waals surface area contributed by atoms with E-state index in [-0.39, 0.29) is 5.75 Å². The third-order valence-electron chi connectivity index (χ3n) is 0.748. The topological polar surface area (TPSA) is 53.1 Å². The Morgan fingerprint density at radius 1 is 1.75 bits per heavy atom.